The Kier molecular flexibility index (Phi) is 3.96. The zero-order chi connectivity index (χ0) is 14.1. The molecule has 1 N–H and O–H groups in total. The van der Waals surface area contributed by atoms with Crippen LogP contribution in [0, 0.1) is 0 Å². The molecule has 1 unspecified atom stereocenters. The molecule has 1 atom stereocenters. The highest BCUT2D eigenvalue weighted by molar-refractivity contribution is 9.10. The van der Waals surface area contributed by atoms with Crippen LogP contribution >= 0.6 is 31.9 Å². The molecular weight excluding hydrogens is 382 g/mol. The minimum Gasteiger partial charge on any atom is -0.452 e. The van der Waals surface area contributed by atoms with Crippen molar-refractivity contribution >= 4 is 42.6 Å². The molecule has 2 aromatic carbocycles. The van der Waals surface area contributed by atoms with Crippen molar-refractivity contribution in [3.8, 4) is 0 Å². The Morgan fingerprint density at radius 2 is 1.70 bits per heavy atom. The van der Waals surface area contributed by atoms with Gasteiger partial charge in [-0.1, -0.05) is 46.3 Å². The fourth-order valence-corrected chi connectivity index (χ4v) is 3.27. The summed E-state index contributed by atoms with van der Waals surface area (Å²) in [4.78, 5) is 0. The number of benzene rings is 2. The first-order valence-corrected chi connectivity index (χ1v) is 7.89. The van der Waals surface area contributed by atoms with E-state index in [0.29, 0.717) is 0 Å². The lowest BCUT2D eigenvalue weighted by molar-refractivity contribution is 0.448. The van der Waals surface area contributed by atoms with Crippen LogP contribution in [0.1, 0.15) is 17.4 Å². The fraction of sp³-hybridized carbons (Fsp3) is 0.125. The number of nitrogens with one attached hydrogen (secondary N) is 1. The van der Waals surface area contributed by atoms with Crippen molar-refractivity contribution in [3.63, 3.8) is 0 Å². The van der Waals surface area contributed by atoms with Crippen molar-refractivity contribution in [1.82, 2.24) is 5.32 Å². The topological polar surface area (TPSA) is 25.2 Å². The summed E-state index contributed by atoms with van der Waals surface area (Å²) < 4.78 is 7.56. The molecule has 0 saturated carbocycles. The van der Waals surface area contributed by atoms with Gasteiger partial charge in [0.2, 0.25) is 0 Å². The smallest absolute Gasteiger partial charge is 0.169 e. The lowest BCUT2D eigenvalue weighted by Crippen LogP contribution is -2.17. The van der Waals surface area contributed by atoms with Crippen LogP contribution in [0.4, 0.5) is 0 Å². The number of hydrogen-bond donors (Lipinski definition) is 1. The summed E-state index contributed by atoms with van der Waals surface area (Å²) in [5.41, 5.74) is 1.20. The van der Waals surface area contributed by atoms with Gasteiger partial charge in [-0.05, 0) is 57.5 Å². The molecule has 1 aromatic heterocycles. The number of fused-ring (bicyclic) bond motifs is 1. The molecule has 20 heavy (non-hydrogen) atoms. The molecular formula is C16H13Br2NO. The highest BCUT2D eigenvalue weighted by atomic mass is 79.9. The van der Waals surface area contributed by atoms with Crippen LogP contribution in [-0.2, 0) is 0 Å². The Morgan fingerprint density at radius 3 is 2.35 bits per heavy atom. The molecule has 0 spiro atoms. The van der Waals surface area contributed by atoms with Crippen molar-refractivity contribution in [3.05, 3.63) is 69.0 Å². The average Bonchev–Trinajstić information content (AvgIpc) is 2.89. The molecule has 0 bridgehead atoms. The van der Waals surface area contributed by atoms with Crippen LogP contribution in [-0.4, -0.2) is 7.05 Å². The van der Waals surface area contributed by atoms with Gasteiger partial charge >= 0.3 is 0 Å². The van der Waals surface area contributed by atoms with Gasteiger partial charge in [0.15, 0.2) is 4.67 Å². The van der Waals surface area contributed by atoms with Crippen LogP contribution < -0.4 is 5.32 Å². The van der Waals surface area contributed by atoms with E-state index in [1.807, 2.05) is 19.2 Å². The van der Waals surface area contributed by atoms with Crippen molar-refractivity contribution in [2.45, 2.75) is 6.04 Å². The molecule has 1 heterocycles. The third-order valence-electron chi connectivity index (χ3n) is 3.38. The van der Waals surface area contributed by atoms with Crippen molar-refractivity contribution < 1.29 is 4.42 Å². The standard InChI is InChI=1S/C16H13Br2NO/c1-19-16(14-8-9-15(18)20-14)12-6-7-13(17)11-5-3-2-4-10(11)12/h2-9,16,19H,1H3. The van der Waals surface area contributed by atoms with E-state index in [0.717, 1.165) is 14.9 Å². The van der Waals surface area contributed by atoms with Gasteiger partial charge in [0.05, 0.1) is 6.04 Å². The second-order valence-corrected chi connectivity index (χ2v) is 6.18. The minimum atomic E-state index is 0.0271. The summed E-state index contributed by atoms with van der Waals surface area (Å²) in [6, 6.07) is 16.5. The fourth-order valence-electron chi connectivity index (χ4n) is 2.47. The van der Waals surface area contributed by atoms with E-state index in [1.54, 1.807) is 0 Å². The van der Waals surface area contributed by atoms with Gasteiger partial charge in [-0.2, -0.15) is 0 Å². The Morgan fingerprint density at radius 1 is 0.950 bits per heavy atom. The van der Waals surface area contributed by atoms with Crippen LogP contribution in [0.3, 0.4) is 0 Å². The summed E-state index contributed by atoms with van der Waals surface area (Å²) in [5, 5.41) is 5.75. The quantitative estimate of drug-likeness (QED) is 0.654. The number of furan rings is 1. The van der Waals surface area contributed by atoms with E-state index in [2.05, 4.69) is 73.6 Å². The summed E-state index contributed by atoms with van der Waals surface area (Å²) in [5.74, 6) is 0.895. The highest BCUT2D eigenvalue weighted by Gasteiger charge is 2.18. The molecule has 4 heteroatoms. The zero-order valence-electron chi connectivity index (χ0n) is 10.9. The maximum Gasteiger partial charge on any atom is 0.169 e. The molecule has 2 nitrogen and oxygen atoms in total. The van der Waals surface area contributed by atoms with Crippen molar-refractivity contribution in [2.75, 3.05) is 7.05 Å². The van der Waals surface area contributed by atoms with Crippen LogP contribution in [0.15, 0.2) is 62.1 Å². The van der Waals surface area contributed by atoms with Gasteiger partial charge in [-0.3, -0.25) is 0 Å². The van der Waals surface area contributed by atoms with Crippen LogP contribution in [0.5, 0.6) is 0 Å². The molecule has 0 fully saturated rings. The number of hydrogen-bond acceptors (Lipinski definition) is 2. The average molecular weight is 395 g/mol. The van der Waals surface area contributed by atoms with E-state index < -0.39 is 0 Å². The Hall–Kier alpha value is -1.10. The number of halogens is 2. The van der Waals surface area contributed by atoms with Crippen LogP contribution in [0.2, 0.25) is 0 Å². The Balaban J connectivity index is 2.20. The maximum atomic E-state index is 5.71. The lowest BCUT2D eigenvalue weighted by Gasteiger charge is -2.17. The second kappa shape index (κ2) is 5.72. The third-order valence-corrected chi connectivity index (χ3v) is 4.50. The molecule has 0 aliphatic carbocycles. The summed E-state index contributed by atoms with van der Waals surface area (Å²) in [6.07, 6.45) is 0. The highest BCUT2D eigenvalue weighted by Crippen LogP contribution is 2.33. The molecule has 3 rings (SSSR count). The molecule has 0 radical (unpaired) electrons. The van der Waals surface area contributed by atoms with E-state index >= 15 is 0 Å². The van der Waals surface area contributed by atoms with Gasteiger partial charge in [0, 0.05) is 4.47 Å². The van der Waals surface area contributed by atoms with E-state index in [1.165, 1.54) is 16.3 Å². The molecule has 0 aliphatic heterocycles. The molecule has 0 saturated heterocycles. The maximum absolute atomic E-state index is 5.71. The Bertz CT molecular complexity index is 751. The molecule has 102 valence electrons. The summed E-state index contributed by atoms with van der Waals surface area (Å²) in [6.45, 7) is 0. The van der Waals surface area contributed by atoms with Crippen molar-refractivity contribution in [1.29, 1.82) is 0 Å². The minimum absolute atomic E-state index is 0.0271. The summed E-state index contributed by atoms with van der Waals surface area (Å²) >= 11 is 6.97. The zero-order valence-corrected chi connectivity index (χ0v) is 14.0. The predicted molar refractivity (Wildman–Crippen MR) is 89.0 cm³/mol. The first kappa shape index (κ1) is 13.9. The predicted octanol–water partition coefficient (Wildman–Crippen LogP) is 5.27. The van der Waals surface area contributed by atoms with E-state index in [4.69, 9.17) is 4.42 Å². The Labute approximate surface area is 134 Å². The largest absolute Gasteiger partial charge is 0.452 e. The monoisotopic (exact) mass is 393 g/mol. The van der Waals surface area contributed by atoms with Crippen molar-refractivity contribution in [2.24, 2.45) is 0 Å². The first-order chi connectivity index (χ1) is 9.70. The number of rotatable bonds is 3. The second-order valence-electron chi connectivity index (χ2n) is 4.55. The van der Waals surface area contributed by atoms with Gasteiger partial charge in [-0.15, -0.1) is 0 Å². The van der Waals surface area contributed by atoms with E-state index in [9.17, 15) is 0 Å². The molecule has 0 amide bonds. The summed E-state index contributed by atoms with van der Waals surface area (Å²) in [7, 11) is 1.94. The van der Waals surface area contributed by atoms with Gasteiger partial charge in [0.25, 0.3) is 0 Å². The normalized spacial score (nSPS) is 12.8. The lowest BCUT2D eigenvalue weighted by atomic mass is 9.97. The van der Waals surface area contributed by atoms with Gasteiger partial charge in [0.1, 0.15) is 5.76 Å². The van der Waals surface area contributed by atoms with Crippen LogP contribution in [0.25, 0.3) is 10.8 Å². The van der Waals surface area contributed by atoms with Gasteiger partial charge in [-0.25, -0.2) is 0 Å². The molecule has 3 aromatic rings. The van der Waals surface area contributed by atoms with Gasteiger partial charge < -0.3 is 9.73 Å². The molecule has 0 aliphatic rings. The van der Waals surface area contributed by atoms with E-state index in [-0.39, 0.29) is 6.04 Å². The SMILES string of the molecule is CNC(c1ccc(Br)o1)c1ccc(Br)c2ccccc12. The third kappa shape index (κ3) is 2.43. The first-order valence-electron chi connectivity index (χ1n) is 6.30.